The first kappa shape index (κ1) is 13.3. The van der Waals surface area contributed by atoms with Gasteiger partial charge in [0.15, 0.2) is 0 Å². The first-order chi connectivity index (χ1) is 4.64. The van der Waals surface area contributed by atoms with Crippen LogP contribution in [-0.2, 0) is 10.4 Å². The summed E-state index contributed by atoms with van der Waals surface area (Å²) in [6.45, 7) is 0. The second-order valence-corrected chi connectivity index (χ2v) is 2.95. The Bertz CT molecular complexity index is 224. The lowest BCUT2D eigenvalue weighted by atomic mass is 10.7. The van der Waals surface area contributed by atoms with Gasteiger partial charge in [-0.05, 0) is 0 Å². The van der Waals surface area contributed by atoms with Gasteiger partial charge in [-0.25, -0.2) is 0 Å². The molecule has 0 aliphatic rings. The minimum Gasteiger partial charge on any atom is -0.388 e. The normalized spacial score (nSPS) is 9.27. The second-order valence-electron chi connectivity index (χ2n) is 1.18. The highest BCUT2D eigenvalue weighted by Gasteiger charge is 1.85. The van der Waals surface area contributed by atoms with E-state index < -0.39 is 10.4 Å². The van der Waals surface area contributed by atoms with Crippen LogP contribution in [-0.4, -0.2) is 27.5 Å². The third-order valence-electron chi connectivity index (χ3n) is 0.243. The van der Waals surface area contributed by atoms with Crippen molar-refractivity contribution < 1.29 is 17.5 Å². The van der Waals surface area contributed by atoms with Gasteiger partial charge in [0.2, 0.25) is 0 Å². The predicted octanol–water partition coefficient (Wildman–Crippen LogP) is -1.09. The monoisotopic (exact) mass is 218 g/mol. The van der Waals surface area contributed by atoms with Crippen LogP contribution in [0, 0.1) is 0 Å². The molecule has 0 radical (unpaired) electrons. The van der Waals surface area contributed by atoms with E-state index in [9.17, 15) is 0 Å². The summed E-state index contributed by atoms with van der Waals surface area (Å²) in [5.41, 5.74) is 9.80. The van der Waals surface area contributed by atoms with Crippen molar-refractivity contribution in [3.8, 4) is 0 Å². The van der Waals surface area contributed by atoms with E-state index in [1.165, 1.54) is 0 Å². The summed E-state index contributed by atoms with van der Waals surface area (Å²) >= 11 is 8.66. The van der Waals surface area contributed by atoms with Crippen molar-refractivity contribution in [1.82, 2.24) is 0 Å². The van der Waals surface area contributed by atoms with Gasteiger partial charge >= 0.3 is 10.4 Å². The van der Waals surface area contributed by atoms with E-state index in [-0.39, 0.29) is 9.98 Å². The Hall–Kier alpha value is -0.350. The molecule has 0 spiro atoms. The van der Waals surface area contributed by atoms with Gasteiger partial charge in [-0.15, -0.1) is 0 Å². The third kappa shape index (κ3) is 42.4. The zero-order chi connectivity index (χ0) is 9.65. The fourth-order valence-corrected chi connectivity index (χ4v) is 0. The zero-order valence-corrected chi connectivity index (χ0v) is 7.54. The number of hydrogen-bond donors (Lipinski definition) is 4. The van der Waals surface area contributed by atoms with E-state index in [0.29, 0.717) is 0 Å². The zero-order valence-electron chi connectivity index (χ0n) is 5.09. The summed E-state index contributed by atoms with van der Waals surface area (Å²) in [6.07, 6.45) is 0. The maximum atomic E-state index is 8.74. The molecule has 11 heavy (non-hydrogen) atoms. The standard InChI is InChI=1S/C2H4N2S2.H2O4S/c3-1(5)2(4)6;1-5(2,3)4/h(H2,3,5)(H2,4,6);(H2,1,2,3,4). The molecule has 0 aliphatic heterocycles. The van der Waals surface area contributed by atoms with E-state index in [4.69, 9.17) is 29.0 Å². The fourth-order valence-electron chi connectivity index (χ4n) is 0. The highest BCUT2D eigenvalue weighted by atomic mass is 32.3. The molecule has 0 aromatic heterocycles. The van der Waals surface area contributed by atoms with Crippen molar-refractivity contribution in [2.75, 3.05) is 0 Å². The Balaban J connectivity index is 0. The van der Waals surface area contributed by atoms with Crippen LogP contribution in [0.1, 0.15) is 0 Å². The lowest BCUT2D eigenvalue weighted by molar-refractivity contribution is 0.381. The van der Waals surface area contributed by atoms with E-state index in [1.54, 1.807) is 0 Å². The molecule has 0 bridgehead atoms. The van der Waals surface area contributed by atoms with Crippen molar-refractivity contribution >= 4 is 44.8 Å². The molecule has 0 amide bonds. The molecule has 0 saturated carbocycles. The van der Waals surface area contributed by atoms with Gasteiger partial charge in [0.25, 0.3) is 0 Å². The molecule has 6 N–H and O–H groups in total. The van der Waals surface area contributed by atoms with Crippen LogP contribution < -0.4 is 11.5 Å². The van der Waals surface area contributed by atoms with Gasteiger partial charge in [0, 0.05) is 0 Å². The minimum absolute atomic E-state index is 0.102. The molecule has 0 fully saturated rings. The maximum Gasteiger partial charge on any atom is 0.394 e. The molecule has 0 aliphatic carbocycles. The summed E-state index contributed by atoms with van der Waals surface area (Å²) in [6, 6.07) is 0. The summed E-state index contributed by atoms with van der Waals surface area (Å²) in [5.74, 6) is 0. The molecule has 0 unspecified atom stereocenters. The van der Waals surface area contributed by atoms with Crippen molar-refractivity contribution in [3.05, 3.63) is 0 Å². The average molecular weight is 218 g/mol. The van der Waals surface area contributed by atoms with Crippen LogP contribution in [0.15, 0.2) is 0 Å². The van der Waals surface area contributed by atoms with Crippen LogP contribution in [0.25, 0.3) is 0 Å². The average Bonchev–Trinajstić information content (AvgIpc) is 1.59. The summed E-state index contributed by atoms with van der Waals surface area (Å²) in [5, 5.41) is 0. The second kappa shape index (κ2) is 5.32. The first-order valence-electron chi connectivity index (χ1n) is 1.93. The summed E-state index contributed by atoms with van der Waals surface area (Å²) in [7, 11) is -4.67. The van der Waals surface area contributed by atoms with E-state index in [0.717, 1.165) is 0 Å². The number of hydrogen-bond acceptors (Lipinski definition) is 4. The van der Waals surface area contributed by atoms with Crippen molar-refractivity contribution in [3.63, 3.8) is 0 Å². The largest absolute Gasteiger partial charge is 0.394 e. The topological polar surface area (TPSA) is 127 Å². The Morgan fingerprint density at radius 3 is 1.18 bits per heavy atom. The predicted molar refractivity (Wildman–Crippen MR) is 47.7 cm³/mol. The molecule has 9 heteroatoms. The van der Waals surface area contributed by atoms with Gasteiger partial charge in [-0.1, -0.05) is 24.4 Å². The molecule has 66 valence electrons. The van der Waals surface area contributed by atoms with Crippen molar-refractivity contribution in [2.24, 2.45) is 11.5 Å². The molecule has 0 aromatic rings. The van der Waals surface area contributed by atoms with E-state index in [1.807, 2.05) is 0 Å². The molecular weight excluding hydrogens is 212 g/mol. The Labute approximate surface area is 74.1 Å². The van der Waals surface area contributed by atoms with E-state index >= 15 is 0 Å². The molecule has 0 atom stereocenters. The third-order valence-corrected chi connectivity index (χ3v) is 0.812. The van der Waals surface area contributed by atoms with Gasteiger partial charge in [-0.2, -0.15) is 8.42 Å². The number of rotatable bonds is 0. The minimum atomic E-state index is -4.67. The molecule has 0 saturated heterocycles. The van der Waals surface area contributed by atoms with Crippen LogP contribution in [0.3, 0.4) is 0 Å². The molecular formula is C2H6N2O4S3. The van der Waals surface area contributed by atoms with Crippen LogP contribution in [0.4, 0.5) is 0 Å². The molecule has 6 nitrogen and oxygen atoms in total. The molecule has 0 heterocycles. The lowest BCUT2D eigenvalue weighted by Crippen LogP contribution is -2.26. The summed E-state index contributed by atoms with van der Waals surface area (Å²) in [4.78, 5) is 0.204. The molecule has 0 rings (SSSR count). The maximum absolute atomic E-state index is 8.74. The summed E-state index contributed by atoms with van der Waals surface area (Å²) < 4.78 is 31.6. The highest BCUT2D eigenvalue weighted by Crippen LogP contribution is 1.62. The van der Waals surface area contributed by atoms with Crippen LogP contribution >= 0.6 is 24.4 Å². The smallest absolute Gasteiger partial charge is 0.388 e. The lowest BCUT2D eigenvalue weighted by Gasteiger charge is -1.84. The Kier molecular flexibility index (Phi) is 6.41. The van der Waals surface area contributed by atoms with Gasteiger partial charge < -0.3 is 11.5 Å². The van der Waals surface area contributed by atoms with Gasteiger partial charge in [-0.3, -0.25) is 9.11 Å². The highest BCUT2D eigenvalue weighted by molar-refractivity contribution is 7.89. The van der Waals surface area contributed by atoms with Gasteiger partial charge in [0.05, 0.1) is 0 Å². The number of nitrogens with two attached hydrogens (primary N) is 2. The van der Waals surface area contributed by atoms with Crippen LogP contribution in [0.5, 0.6) is 0 Å². The number of thiocarbonyl (C=S) groups is 2. The SMILES string of the molecule is NC(=S)C(N)=S.O=S(=O)(O)O. The van der Waals surface area contributed by atoms with Crippen molar-refractivity contribution in [2.45, 2.75) is 0 Å². The molecule has 0 aromatic carbocycles. The fraction of sp³-hybridized carbons (Fsp3) is 0. The van der Waals surface area contributed by atoms with Gasteiger partial charge in [0.1, 0.15) is 9.98 Å². The van der Waals surface area contributed by atoms with E-state index in [2.05, 4.69) is 24.4 Å². The van der Waals surface area contributed by atoms with Crippen LogP contribution in [0.2, 0.25) is 0 Å². The quantitative estimate of drug-likeness (QED) is 0.298. The first-order valence-corrected chi connectivity index (χ1v) is 4.15. The Morgan fingerprint density at radius 1 is 1.09 bits per heavy atom. The van der Waals surface area contributed by atoms with Crippen molar-refractivity contribution in [1.29, 1.82) is 0 Å². The Morgan fingerprint density at radius 2 is 1.18 bits per heavy atom.